The van der Waals surface area contributed by atoms with Crippen LogP contribution in [0.15, 0.2) is 36.5 Å². The maximum absolute atomic E-state index is 12.5. The highest BCUT2D eigenvalue weighted by Crippen LogP contribution is 2.15. The van der Waals surface area contributed by atoms with Crippen molar-refractivity contribution < 1.29 is 28.0 Å². The van der Waals surface area contributed by atoms with Gasteiger partial charge < -0.3 is 15.5 Å². The van der Waals surface area contributed by atoms with Crippen molar-refractivity contribution in [2.24, 2.45) is 0 Å². The third-order valence-electron chi connectivity index (χ3n) is 8.89. The summed E-state index contributed by atoms with van der Waals surface area (Å²) in [7, 11) is -4.45. The molecular formula is C40H75NO6S. The number of hydrogen-bond donors (Lipinski definition) is 4. The number of aliphatic hydroxyl groups excluding tert-OH is 2. The number of allylic oxidation sites excluding steroid dienone is 5. The first-order valence-electron chi connectivity index (χ1n) is 19.8. The minimum absolute atomic E-state index is 0.274. The average Bonchev–Trinajstić information content (AvgIpc) is 3.05. The molecule has 0 radical (unpaired) electrons. The maximum Gasteiger partial charge on any atom is 0.267 e. The summed E-state index contributed by atoms with van der Waals surface area (Å²) in [4.78, 5) is 12.5. The van der Waals surface area contributed by atoms with E-state index in [0.717, 1.165) is 51.4 Å². The fourth-order valence-electron chi connectivity index (χ4n) is 5.85. The lowest BCUT2D eigenvalue weighted by atomic mass is 10.0. The van der Waals surface area contributed by atoms with Gasteiger partial charge in [-0.05, 0) is 38.5 Å². The van der Waals surface area contributed by atoms with Crippen LogP contribution in [0.1, 0.15) is 187 Å². The quantitative estimate of drug-likeness (QED) is 0.0297. The summed E-state index contributed by atoms with van der Waals surface area (Å²) < 4.78 is 32.4. The van der Waals surface area contributed by atoms with Crippen LogP contribution in [0.5, 0.6) is 0 Å². The van der Waals surface area contributed by atoms with Gasteiger partial charge in [-0.3, -0.25) is 9.35 Å². The van der Waals surface area contributed by atoms with E-state index in [1.807, 2.05) is 0 Å². The molecule has 0 aliphatic carbocycles. The molecule has 8 heteroatoms. The normalized spacial score (nSPS) is 14.4. The molecule has 282 valence electrons. The van der Waals surface area contributed by atoms with Crippen LogP contribution in [0, 0.1) is 0 Å². The first-order chi connectivity index (χ1) is 23.2. The van der Waals surface area contributed by atoms with E-state index in [0.29, 0.717) is 12.8 Å². The van der Waals surface area contributed by atoms with Crippen LogP contribution in [0.2, 0.25) is 0 Å². The number of aliphatic hydroxyl groups is 2. The summed E-state index contributed by atoms with van der Waals surface area (Å²) in [5.74, 6) is -1.56. The first-order valence-corrected chi connectivity index (χ1v) is 21.4. The van der Waals surface area contributed by atoms with Gasteiger partial charge in [-0.15, -0.1) is 0 Å². The highest BCUT2D eigenvalue weighted by atomic mass is 32.2. The third kappa shape index (κ3) is 33.0. The van der Waals surface area contributed by atoms with Crippen molar-refractivity contribution in [3.05, 3.63) is 36.5 Å². The molecule has 0 saturated carbocycles. The standard InChI is InChI=1S/C40H75NO6S/c1-3-5-7-9-11-13-15-16-17-18-19-20-21-22-23-25-27-29-31-33-35-39(43)40(44)41-37(36-48(45,46)47)38(42)34-32-30-28-26-24-14-12-10-8-6-4-2/h8,10,24,26,32,34,37-39,42-43H,3-7,9,11-23,25,27-31,33,35-36H2,1-2H3,(H,41,44)(H,45,46,47)/b10-8+,26-24+,34-32+. The zero-order valence-corrected chi connectivity index (χ0v) is 31.8. The monoisotopic (exact) mass is 698 g/mol. The Balaban J connectivity index is 3.99. The minimum Gasteiger partial charge on any atom is -0.387 e. The van der Waals surface area contributed by atoms with Crippen LogP contribution in [-0.4, -0.2) is 53.1 Å². The summed E-state index contributed by atoms with van der Waals surface area (Å²) in [6.07, 6.45) is 40.7. The van der Waals surface area contributed by atoms with Crippen LogP contribution < -0.4 is 5.32 Å². The summed E-state index contributed by atoms with van der Waals surface area (Å²) in [6.45, 7) is 4.43. The second-order valence-electron chi connectivity index (χ2n) is 13.7. The van der Waals surface area contributed by atoms with E-state index in [1.165, 1.54) is 109 Å². The average molecular weight is 698 g/mol. The molecule has 48 heavy (non-hydrogen) atoms. The maximum atomic E-state index is 12.5. The van der Waals surface area contributed by atoms with Gasteiger partial charge in [0.25, 0.3) is 10.1 Å². The molecule has 0 fully saturated rings. The Kier molecular flexibility index (Phi) is 32.9. The molecule has 0 aromatic heterocycles. The van der Waals surface area contributed by atoms with Crippen molar-refractivity contribution in [2.75, 3.05) is 5.75 Å². The number of rotatable bonds is 35. The summed E-state index contributed by atoms with van der Waals surface area (Å²) >= 11 is 0. The van der Waals surface area contributed by atoms with Crippen molar-refractivity contribution in [1.82, 2.24) is 5.32 Å². The zero-order valence-electron chi connectivity index (χ0n) is 31.0. The number of amides is 1. The van der Waals surface area contributed by atoms with E-state index in [-0.39, 0.29) is 6.42 Å². The Morgan fingerprint density at radius 1 is 0.562 bits per heavy atom. The molecule has 0 aliphatic rings. The lowest BCUT2D eigenvalue weighted by Gasteiger charge is -2.22. The molecule has 0 aliphatic heterocycles. The second-order valence-corrected chi connectivity index (χ2v) is 15.2. The van der Waals surface area contributed by atoms with Crippen molar-refractivity contribution in [3.63, 3.8) is 0 Å². The molecule has 0 rings (SSSR count). The fraction of sp³-hybridized carbons (Fsp3) is 0.825. The SMILES string of the molecule is CCC/C=C/CC/C=C/CC/C=C/C(O)C(CS(=O)(=O)O)NC(=O)C(O)CCCCCCCCCCCCCCCCCCCCCC. The Morgan fingerprint density at radius 2 is 0.938 bits per heavy atom. The van der Waals surface area contributed by atoms with Gasteiger partial charge in [0.15, 0.2) is 0 Å². The molecule has 0 saturated heterocycles. The number of nitrogens with one attached hydrogen (secondary N) is 1. The van der Waals surface area contributed by atoms with Crippen LogP contribution in [0.25, 0.3) is 0 Å². The van der Waals surface area contributed by atoms with Gasteiger partial charge in [-0.25, -0.2) is 0 Å². The van der Waals surface area contributed by atoms with E-state index < -0.39 is 40.0 Å². The van der Waals surface area contributed by atoms with Gasteiger partial charge >= 0.3 is 0 Å². The topological polar surface area (TPSA) is 124 Å². The van der Waals surface area contributed by atoms with Crippen LogP contribution >= 0.6 is 0 Å². The Bertz CT molecular complexity index is 917. The zero-order chi connectivity index (χ0) is 35.6. The molecule has 7 nitrogen and oxygen atoms in total. The van der Waals surface area contributed by atoms with Crippen LogP contribution in [0.3, 0.4) is 0 Å². The molecule has 3 atom stereocenters. The van der Waals surface area contributed by atoms with E-state index in [2.05, 4.69) is 43.5 Å². The third-order valence-corrected chi connectivity index (χ3v) is 9.67. The highest BCUT2D eigenvalue weighted by molar-refractivity contribution is 7.85. The van der Waals surface area contributed by atoms with Gasteiger partial charge in [0.2, 0.25) is 5.91 Å². The Labute approximate surface area is 296 Å². The van der Waals surface area contributed by atoms with Crippen LogP contribution in [-0.2, 0) is 14.9 Å². The lowest BCUT2D eigenvalue weighted by molar-refractivity contribution is -0.130. The molecule has 0 heterocycles. The fourth-order valence-corrected chi connectivity index (χ4v) is 6.58. The molecule has 0 spiro atoms. The molecule has 0 aromatic rings. The van der Waals surface area contributed by atoms with Gasteiger partial charge in [-0.1, -0.05) is 185 Å². The van der Waals surface area contributed by atoms with Crippen molar-refractivity contribution in [2.45, 2.75) is 205 Å². The number of carbonyl (C=O) groups excluding carboxylic acids is 1. The predicted molar refractivity (Wildman–Crippen MR) is 204 cm³/mol. The first kappa shape index (κ1) is 46.5. The van der Waals surface area contributed by atoms with Crippen molar-refractivity contribution in [1.29, 1.82) is 0 Å². The van der Waals surface area contributed by atoms with Crippen molar-refractivity contribution in [3.8, 4) is 0 Å². The number of carbonyl (C=O) groups is 1. The Hall–Kier alpha value is -1.48. The smallest absolute Gasteiger partial charge is 0.267 e. The largest absolute Gasteiger partial charge is 0.387 e. The van der Waals surface area contributed by atoms with Gasteiger partial charge in [0.1, 0.15) is 6.10 Å². The minimum atomic E-state index is -4.45. The molecule has 0 aromatic carbocycles. The van der Waals surface area contributed by atoms with Crippen LogP contribution in [0.4, 0.5) is 0 Å². The number of unbranched alkanes of at least 4 members (excludes halogenated alkanes) is 22. The van der Waals surface area contributed by atoms with E-state index >= 15 is 0 Å². The van der Waals surface area contributed by atoms with Gasteiger partial charge in [0, 0.05) is 0 Å². The highest BCUT2D eigenvalue weighted by Gasteiger charge is 2.27. The predicted octanol–water partition coefficient (Wildman–Crippen LogP) is 10.3. The molecular weight excluding hydrogens is 623 g/mol. The lowest BCUT2D eigenvalue weighted by Crippen LogP contribution is -2.50. The number of hydrogen-bond acceptors (Lipinski definition) is 5. The summed E-state index contributed by atoms with van der Waals surface area (Å²) in [5.41, 5.74) is 0. The van der Waals surface area contributed by atoms with E-state index in [4.69, 9.17) is 0 Å². The van der Waals surface area contributed by atoms with E-state index in [9.17, 15) is 28.0 Å². The molecule has 3 unspecified atom stereocenters. The molecule has 0 bridgehead atoms. The van der Waals surface area contributed by atoms with Gasteiger partial charge in [0.05, 0.1) is 17.9 Å². The summed E-state index contributed by atoms with van der Waals surface area (Å²) in [6, 6.07) is -1.25. The van der Waals surface area contributed by atoms with Gasteiger partial charge in [-0.2, -0.15) is 8.42 Å². The molecule has 1 amide bonds. The Morgan fingerprint density at radius 3 is 1.33 bits per heavy atom. The molecule has 4 N–H and O–H groups in total. The second kappa shape index (κ2) is 34.0. The summed E-state index contributed by atoms with van der Waals surface area (Å²) in [5, 5.41) is 23.3. The van der Waals surface area contributed by atoms with E-state index in [1.54, 1.807) is 6.08 Å². The van der Waals surface area contributed by atoms with Crippen molar-refractivity contribution >= 4 is 16.0 Å².